The van der Waals surface area contributed by atoms with Crippen LogP contribution in [0.2, 0.25) is 0 Å². The summed E-state index contributed by atoms with van der Waals surface area (Å²) in [6.45, 7) is 3.07. The number of ether oxygens (including phenoxy) is 1. The zero-order chi connectivity index (χ0) is 10.3. The van der Waals surface area contributed by atoms with Crippen LogP contribution in [0.25, 0.3) is 10.2 Å². The van der Waals surface area contributed by atoms with Gasteiger partial charge >= 0.3 is 0 Å². The zero-order valence-corrected chi connectivity index (χ0v) is 10.5. The van der Waals surface area contributed by atoms with Crippen LogP contribution in [0.3, 0.4) is 0 Å². The van der Waals surface area contributed by atoms with Crippen molar-refractivity contribution in [2.45, 2.75) is 19.1 Å². The van der Waals surface area contributed by atoms with Gasteiger partial charge in [-0.15, -0.1) is 23.7 Å². The Morgan fingerprint density at radius 1 is 1.50 bits per heavy atom. The molecule has 1 fully saturated rings. The van der Waals surface area contributed by atoms with Gasteiger partial charge in [-0.25, -0.2) is 4.98 Å². The van der Waals surface area contributed by atoms with Gasteiger partial charge in [0.1, 0.15) is 17.4 Å². The predicted octanol–water partition coefficient (Wildman–Crippen LogP) is 2.46. The van der Waals surface area contributed by atoms with Crippen molar-refractivity contribution in [1.82, 2.24) is 10.3 Å². The average molecular weight is 257 g/mol. The van der Waals surface area contributed by atoms with Crippen molar-refractivity contribution in [2.24, 2.45) is 0 Å². The summed E-state index contributed by atoms with van der Waals surface area (Å²) < 4.78 is 7.10. The summed E-state index contributed by atoms with van der Waals surface area (Å²) in [6.07, 6.45) is 0.289. The molecule has 3 rings (SSSR count). The molecule has 3 nitrogen and oxygen atoms in total. The molecule has 16 heavy (non-hydrogen) atoms. The summed E-state index contributed by atoms with van der Waals surface area (Å²) in [5.41, 5.74) is 2.85. The van der Waals surface area contributed by atoms with E-state index in [1.165, 1.54) is 4.70 Å². The summed E-state index contributed by atoms with van der Waals surface area (Å²) in [5.74, 6) is 0.909. The summed E-state index contributed by atoms with van der Waals surface area (Å²) in [5, 5.41) is 3.28. The SMILES string of the molecule is C[C@H]1NC[C@H]1Oc1cccc2scnc12.Cl. The Labute approximate surface area is 104 Å². The van der Waals surface area contributed by atoms with E-state index in [0.717, 1.165) is 17.8 Å². The largest absolute Gasteiger partial charge is 0.485 e. The monoisotopic (exact) mass is 256 g/mol. The molecule has 0 spiro atoms. The van der Waals surface area contributed by atoms with Gasteiger partial charge in [0.05, 0.1) is 10.2 Å². The van der Waals surface area contributed by atoms with Crippen LogP contribution in [0.4, 0.5) is 0 Å². The minimum Gasteiger partial charge on any atom is -0.485 e. The molecule has 86 valence electrons. The molecular formula is C11H13ClN2OS. The van der Waals surface area contributed by atoms with E-state index >= 15 is 0 Å². The highest BCUT2D eigenvalue weighted by molar-refractivity contribution is 7.16. The molecule has 0 bridgehead atoms. The lowest BCUT2D eigenvalue weighted by molar-refractivity contribution is 0.0953. The second-order valence-electron chi connectivity index (χ2n) is 3.81. The first-order valence-corrected chi connectivity index (χ1v) is 5.95. The number of rotatable bonds is 2. The van der Waals surface area contributed by atoms with E-state index in [-0.39, 0.29) is 18.5 Å². The van der Waals surface area contributed by atoms with Crippen LogP contribution in [-0.4, -0.2) is 23.7 Å². The molecule has 0 amide bonds. The van der Waals surface area contributed by atoms with Crippen molar-refractivity contribution in [3.63, 3.8) is 0 Å². The van der Waals surface area contributed by atoms with Gasteiger partial charge in [-0.2, -0.15) is 0 Å². The van der Waals surface area contributed by atoms with Crippen molar-refractivity contribution in [3.8, 4) is 5.75 Å². The fraction of sp³-hybridized carbons (Fsp3) is 0.364. The Morgan fingerprint density at radius 3 is 3.06 bits per heavy atom. The maximum absolute atomic E-state index is 5.92. The van der Waals surface area contributed by atoms with E-state index in [4.69, 9.17) is 4.74 Å². The number of aromatic nitrogens is 1. The molecule has 0 radical (unpaired) electrons. The molecule has 1 aliphatic heterocycles. The quantitative estimate of drug-likeness (QED) is 0.896. The summed E-state index contributed by atoms with van der Waals surface area (Å²) in [7, 11) is 0. The van der Waals surface area contributed by atoms with Crippen LogP contribution < -0.4 is 10.1 Å². The van der Waals surface area contributed by atoms with Gasteiger partial charge in [-0.3, -0.25) is 0 Å². The van der Waals surface area contributed by atoms with Crippen LogP contribution in [-0.2, 0) is 0 Å². The molecule has 1 aromatic heterocycles. The lowest BCUT2D eigenvalue weighted by atomic mass is 10.1. The molecule has 1 N–H and O–H groups in total. The van der Waals surface area contributed by atoms with E-state index < -0.39 is 0 Å². The fourth-order valence-corrected chi connectivity index (χ4v) is 2.41. The number of nitrogens with zero attached hydrogens (tertiary/aromatic N) is 1. The smallest absolute Gasteiger partial charge is 0.146 e. The number of hydrogen-bond donors (Lipinski definition) is 1. The number of nitrogens with one attached hydrogen (secondary N) is 1. The minimum absolute atomic E-state index is 0. The third kappa shape index (κ3) is 1.88. The Kier molecular flexibility index (Phi) is 3.33. The van der Waals surface area contributed by atoms with Gasteiger partial charge in [0.25, 0.3) is 0 Å². The molecular weight excluding hydrogens is 244 g/mol. The predicted molar refractivity (Wildman–Crippen MR) is 68.7 cm³/mol. The van der Waals surface area contributed by atoms with Crippen LogP contribution in [0.5, 0.6) is 5.75 Å². The molecule has 2 aromatic rings. The van der Waals surface area contributed by atoms with Gasteiger partial charge in [-0.1, -0.05) is 6.07 Å². The van der Waals surface area contributed by atoms with E-state index in [2.05, 4.69) is 23.3 Å². The number of fused-ring (bicyclic) bond motifs is 1. The van der Waals surface area contributed by atoms with Gasteiger partial charge < -0.3 is 10.1 Å². The number of benzene rings is 1. The van der Waals surface area contributed by atoms with Crippen LogP contribution in [0, 0.1) is 0 Å². The summed E-state index contributed by atoms with van der Waals surface area (Å²) >= 11 is 1.65. The van der Waals surface area contributed by atoms with Crippen molar-refractivity contribution in [3.05, 3.63) is 23.7 Å². The molecule has 0 aliphatic carbocycles. The molecule has 5 heteroatoms. The van der Waals surface area contributed by atoms with E-state index in [0.29, 0.717) is 6.04 Å². The van der Waals surface area contributed by atoms with Gasteiger partial charge in [-0.05, 0) is 19.1 Å². The molecule has 1 saturated heterocycles. The number of hydrogen-bond acceptors (Lipinski definition) is 4. The molecule has 2 heterocycles. The molecule has 1 aliphatic rings. The maximum Gasteiger partial charge on any atom is 0.146 e. The summed E-state index contributed by atoms with van der Waals surface area (Å²) in [4.78, 5) is 4.33. The van der Waals surface area contributed by atoms with Crippen LogP contribution in [0.15, 0.2) is 23.7 Å². The Balaban J connectivity index is 0.000000963. The van der Waals surface area contributed by atoms with Crippen LogP contribution >= 0.6 is 23.7 Å². The van der Waals surface area contributed by atoms with Crippen LogP contribution in [0.1, 0.15) is 6.92 Å². The minimum atomic E-state index is 0. The zero-order valence-electron chi connectivity index (χ0n) is 8.84. The summed E-state index contributed by atoms with van der Waals surface area (Å²) in [6, 6.07) is 6.53. The average Bonchev–Trinajstić information content (AvgIpc) is 2.72. The molecule has 1 aromatic carbocycles. The Bertz CT molecular complexity index is 488. The Morgan fingerprint density at radius 2 is 2.38 bits per heavy atom. The number of thiazole rings is 1. The van der Waals surface area contributed by atoms with E-state index in [9.17, 15) is 0 Å². The van der Waals surface area contributed by atoms with E-state index in [1.54, 1.807) is 11.3 Å². The second-order valence-corrected chi connectivity index (χ2v) is 4.69. The van der Waals surface area contributed by atoms with Crippen molar-refractivity contribution in [2.75, 3.05) is 6.54 Å². The first-order chi connectivity index (χ1) is 7.34. The standard InChI is InChI=1S/C11H12N2OS.ClH/c1-7-9(5-12-7)14-8-3-2-4-10-11(8)13-6-15-10;/h2-4,6-7,9,12H,5H2,1H3;1H/t7-,9-;/m1./s1. The number of para-hydroxylation sites is 1. The molecule has 0 unspecified atom stereocenters. The van der Waals surface area contributed by atoms with E-state index in [1.807, 2.05) is 17.6 Å². The first kappa shape index (κ1) is 11.6. The highest BCUT2D eigenvalue weighted by atomic mass is 35.5. The van der Waals surface area contributed by atoms with Crippen molar-refractivity contribution < 1.29 is 4.74 Å². The molecule has 2 atom stereocenters. The Hall–Kier alpha value is -0.840. The highest BCUT2D eigenvalue weighted by Crippen LogP contribution is 2.28. The number of halogens is 1. The van der Waals surface area contributed by atoms with Gasteiger partial charge in [0.2, 0.25) is 0 Å². The second kappa shape index (κ2) is 4.57. The lowest BCUT2D eigenvalue weighted by Gasteiger charge is -2.35. The normalized spacial score (nSPS) is 23.6. The van der Waals surface area contributed by atoms with Gasteiger partial charge in [0, 0.05) is 12.6 Å². The van der Waals surface area contributed by atoms with Crippen molar-refractivity contribution >= 4 is 34.0 Å². The first-order valence-electron chi connectivity index (χ1n) is 5.07. The fourth-order valence-electron chi connectivity index (χ4n) is 1.71. The van der Waals surface area contributed by atoms with Gasteiger partial charge in [0.15, 0.2) is 0 Å². The maximum atomic E-state index is 5.92. The third-order valence-corrected chi connectivity index (χ3v) is 3.59. The highest BCUT2D eigenvalue weighted by Gasteiger charge is 2.28. The lowest BCUT2D eigenvalue weighted by Crippen LogP contribution is -2.58. The molecule has 0 saturated carbocycles. The third-order valence-electron chi connectivity index (χ3n) is 2.80. The van der Waals surface area contributed by atoms with Crippen molar-refractivity contribution in [1.29, 1.82) is 0 Å². The topological polar surface area (TPSA) is 34.1 Å².